The van der Waals surface area contributed by atoms with Crippen LogP contribution in [-0.2, 0) is 6.54 Å². The van der Waals surface area contributed by atoms with Crippen LogP contribution in [0.1, 0.15) is 45.7 Å². The zero-order valence-corrected chi connectivity index (χ0v) is 18.7. The zero-order valence-electron chi connectivity index (χ0n) is 18.7. The van der Waals surface area contributed by atoms with Gasteiger partial charge in [-0.05, 0) is 57.4 Å². The molecule has 0 spiro atoms. The SMILES string of the molecule is COc1ccc(CN(C(=O)c2nn(-c3ccc(C)cc3C)nc2C)C2CC2)c(OC)c1. The van der Waals surface area contributed by atoms with E-state index in [0.29, 0.717) is 23.7 Å². The molecule has 1 aromatic heterocycles. The highest BCUT2D eigenvalue weighted by molar-refractivity contribution is 5.93. The van der Waals surface area contributed by atoms with Gasteiger partial charge in [0.2, 0.25) is 0 Å². The molecule has 0 atom stereocenters. The Morgan fingerprint density at radius 2 is 1.84 bits per heavy atom. The minimum absolute atomic E-state index is 0.103. The maximum atomic E-state index is 13.5. The highest BCUT2D eigenvalue weighted by Gasteiger charge is 2.35. The number of ether oxygens (including phenoxy) is 2. The number of hydrogen-bond donors (Lipinski definition) is 0. The first-order valence-electron chi connectivity index (χ1n) is 10.4. The Labute approximate surface area is 182 Å². The molecule has 1 aliphatic rings. The second-order valence-electron chi connectivity index (χ2n) is 8.06. The lowest BCUT2D eigenvalue weighted by molar-refractivity contribution is 0.0721. The van der Waals surface area contributed by atoms with Crippen molar-refractivity contribution in [2.24, 2.45) is 0 Å². The predicted octanol–water partition coefficient (Wildman–Crippen LogP) is 4.01. The molecule has 0 radical (unpaired) electrons. The van der Waals surface area contributed by atoms with Crippen LogP contribution in [0, 0.1) is 20.8 Å². The Bertz CT molecular complexity index is 1120. The van der Waals surface area contributed by atoms with Crippen LogP contribution >= 0.6 is 0 Å². The molecule has 0 unspecified atom stereocenters. The molecule has 162 valence electrons. The van der Waals surface area contributed by atoms with Crippen molar-refractivity contribution < 1.29 is 14.3 Å². The van der Waals surface area contributed by atoms with Gasteiger partial charge in [0.1, 0.15) is 11.5 Å². The standard InChI is InChI=1S/C24H28N4O3/c1-15-6-11-21(16(2)12-15)28-25-17(3)23(26-28)24(29)27(19-8-9-19)14-18-7-10-20(30-4)13-22(18)31-5/h6-7,10-13,19H,8-9,14H2,1-5H3. The van der Waals surface area contributed by atoms with Crippen molar-refractivity contribution in [3.63, 3.8) is 0 Å². The summed E-state index contributed by atoms with van der Waals surface area (Å²) in [6.45, 7) is 6.36. The summed E-state index contributed by atoms with van der Waals surface area (Å²) in [5.41, 5.74) is 5.06. The highest BCUT2D eigenvalue weighted by Crippen LogP contribution is 2.33. The third kappa shape index (κ3) is 4.26. The van der Waals surface area contributed by atoms with Gasteiger partial charge < -0.3 is 14.4 Å². The van der Waals surface area contributed by atoms with Crippen LogP contribution in [0.5, 0.6) is 11.5 Å². The topological polar surface area (TPSA) is 69.5 Å². The fraction of sp³-hybridized carbons (Fsp3) is 0.375. The van der Waals surface area contributed by atoms with Gasteiger partial charge in [-0.3, -0.25) is 4.79 Å². The van der Waals surface area contributed by atoms with E-state index in [1.165, 1.54) is 5.56 Å². The third-order valence-electron chi connectivity index (χ3n) is 5.64. The molecule has 0 aliphatic heterocycles. The van der Waals surface area contributed by atoms with Gasteiger partial charge in [-0.15, -0.1) is 5.10 Å². The minimum Gasteiger partial charge on any atom is -0.497 e. The summed E-state index contributed by atoms with van der Waals surface area (Å²) in [6, 6.07) is 12.0. The van der Waals surface area contributed by atoms with E-state index >= 15 is 0 Å². The molecule has 7 nitrogen and oxygen atoms in total. The van der Waals surface area contributed by atoms with Gasteiger partial charge in [-0.2, -0.15) is 9.90 Å². The second kappa shape index (κ2) is 8.41. The molecular formula is C24H28N4O3. The van der Waals surface area contributed by atoms with Crippen molar-refractivity contribution >= 4 is 5.91 Å². The van der Waals surface area contributed by atoms with Crippen LogP contribution in [0.4, 0.5) is 0 Å². The van der Waals surface area contributed by atoms with Crippen LogP contribution in [-0.4, -0.2) is 46.1 Å². The molecule has 0 bridgehead atoms. The molecule has 1 heterocycles. The first kappa shape index (κ1) is 20.9. The Morgan fingerprint density at radius 3 is 2.48 bits per heavy atom. The zero-order chi connectivity index (χ0) is 22.1. The number of carbonyl (C=O) groups is 1. The van der Waals surface area contributed by atoms with E-state index in [1.54, 1.807) is 19.0 Å². The molecule has 1 saturated carbocycles. The Kier molecular flexibility index (Phi) is 5.67. The van der Waals surface area contributed by atoms with Gasteiger partial charge in [0.05, 0.1) is 25.6 Å². The predicted molar refractivity (Wildman–Crippen MR) is 118 cm³/mol. The van der Waals surface area contributed by atoms with Crippen molar-refractivity contribution in [1.29, 1.82) is 0 Å². The van der Waals surface area contributed by atoms with Gasteiger partial charge in [0.25, 0.3) is 5.91 Å². The number of methoxy groups -OCH3 is 2. The van der Waals surface area contributed by atoms with Crippen LogP contribution in [0.15, 0.2) is 36.4 Å². The summed E-state index contributed by atoms with van der Waals surface area (Å²) in [5, 5.41) is 9.11. The molecule has 0 N–H and O–H groups in total. The molecule has 4 rings (SSSR count). The maximum Gasteiger partial charge on any atom is 0.276 e. The second-order valence-corrected chi connectivity index (χ2v) is 8.06. The molecule has 0 saturated heterocycles. The van der Waals surface area contributed by atoms with Gasteiger partial charge in [-0.1, -0.05) is 17.7 Å². The lowest BCUT2D eigenvalue weighted by Gasteiger charge is -2.23. The van der Waals surface area contributed by atoms with Crippen molar-refractivity contribution in [2.45, 2.75) is 46.2 Å². The number of amides is 1. The normalized spacial score (nSPS) is 13.2. The Hall–Kier alpha value is -3.35. The minimum atomic E-state index is -0.103. The van der Waals surface area contributed by atoms with Crippen molar-refractivity contribution in [2.75, 3.05) is 14.2 Å². The van der Waals surface area contributed by atoms with E-state index < -0.39 is 0 Å². The van der Waals surface area contributed by atoms with Gasteiger partial charge in [0, 0.05) is 24.2 Å². The van der Waals surface area contributed by atoms with Crippen molar-refractivity contribution in [3.8, 4) is 17.2 Å². The number of hydrogen-bond acceptors (Lipinski definition) is 5. The molecule has 31 heavy (non-hydrogen) atoms. The van der Waals surface area contributed by atoms with Crippen molar-refractivity contribution in [1.82, 2.24) is 19.9 Å². The average molecular weight is 421 g/mol. The smallest absolute Gasteiger partial charge is 0.276 e. The Morgan fingerprint density at radius 1 is 1.06 bits per heavy atom. The quantitative estimate of drug-likeness (QED) is 0.578. The molecule has 7 heteroatoms. The number of carbonyl (C=O) groups excluding carboxylic acids is 1. The maximum absolute atomic E-state index is 13.5. The summed E-state index contributed by atoms with van der Waals surface area (Å²) >= 11 is 0. The van der Waals surface area contributed by atoms with Crippen molar-refractivity contribution in [3.05, 3.63) is 64.5 Å². The first-order valence-corrected chi connectivity index (χ1v) is 10.4. The van der Waals surface area contributed by atoms with Gasteiger partial charge in [-0.25, -0.2) is 0 Å². The van der Waals surface area contributed by atoms with E-state index in [1.807, 2.05) is 49.1 Å². The number of aryl methyl sites for hydroxylation is 3. The molecule has 2 aromatic carbocycles. The fourth-order valence-electron chi connectivity index (χ4n) is 3.77. The summed E-state index contributed by atoms with van der Waals surface area (Å²) < 4.78 is 10.8. The largest absolute Gasteiger partial charge is 0.497 e. The number of nitrogens with zero attached hydrogens (tertiary/aromatic N) is 4. The van der Waals surface area contributed by atoms with E-state index in [-0.39, 0.29) is 11.9 Å². The number of benzene rings is 2. The number of aromatic nitrogens is 3. The summed E-state index contributed by atoms with van der Waals surface area (Å²) in [7, 11) is 3.25. The number of rotatable bonds is 7. The molecule has 3 aromatic rings. The van der Waals surface area contributed by atoms with E-state index in [2.05, 4.69) is 23.2 Å². The van der Waals surface area contributed by atoms with Crippen LogP contribution in [0.3, 0.4) is 0 Å². The van der Waals surface area contributed by atoms with Gasteiger partial charge in [0.15, 0.2) is 5.69 Å². The van der Waals surface area contributed by atoms with Crippen LogP contribution < -0.4 is 9.47 Å². The Balaban J connectivity index is 1.64. The molecular weight excluding hydrogens is 392 g/mol. The van der Waals surface area contributed by atoms with Crippen LogP contribution in [0.25, 0.3) is 5.69 Å². The summed E-state index contributed by atoms with van der Waals surface area (Å²) in [4.78, 5) is 17.0. The molecule has 1 amide bonds. The summed E-state index contributed by atoms with van der Waals surface area (Å²) in [6.07, 6.45) is 1.99. The monoisotopic (exact) mass is 420 g/mol. The van der Waals surface area contributed by atoms with E-state index in [9.17, 15) is 4.79 Å². The van der Waals surface area contributed by atoms with Crippen LogP contribution in [0.2, 0.25) is 0 Å². The fourth-order valence-corrected chi connectivity index (χ4v) is 3.77. The molecule has 1 aliphatic carbocycles. The van der Waals surface area contributed by atoms with E-state index in [0.717, 1.165) is 35.4 Å². The highest BCUT2D eigenvalue weighted by atomic mass is 16.5. The lowest BCUT2D eigenvalue weighted by atomic mass is 10.1. The molecule has 1 fully saturated rings. The lowest BCUT2D eigenvalue weighted by Crippen LogP contribution is -2.33. The third-order valence-corrected chi connectivity index (χ3v) is 5.64. The first-order chi connectivity index (χ1) is 14.9. The summed E-state index contributed by atoms with van der Waals surface area (Å²) in [5.74, 6) is 1.32. The average Bonchev–Trinajstić information content (AvgIpc) is 3.53. The van der Waals surface area contributed by atoms with Gasteiger partial charge >= 0.3 is 0 Å². The van der Waals surface area contributed by atoms with E-state index in [4.69, 9.17) is 9.47 Å².